The van der Waals surface area contributed by atoms with Gasteiger partial charge in [0.2, 0.25) is 11.1 Å². The van der Waals surface area contributed by atoms with Gasteiger partial charge < -0.3 is 10.1 Å². The van der Waals surface area contributed by atoms with E-state index in [-0.39, 0.29) is 17.4 Å². The highest BCUT2D eigenvalue weighted by Gasteiger charge is 2.12. The number of carbonyl (C=O) groups is 1. The first-order valence-corrected chi connectivity index (χ1v) is 9.77. The van der Waals surface area contributed by atoms with Crippen molar-refractivity contribution in [1.82, 2.24) is 20.2 Å². The molecule has 0 fully saturated rings. The summed E-state index contributed by atoms with van der Waals surface area (Å²) in [6.07, 6.45) is 0. The van der Waals surface area contributed by atoms with Gasteiger partial charge >= 0.3 is 6.61 Å². The summed E-state index contributed by atoms with van der Waals surface area (Å²) in [6.45, 7) is 1.34. The van der Waals surface area contributed by atoms with Gasteiger partial charge in [0.15, 0.2) is 0 Å². The Hall–Kier alpha value is -3.01. The van der Waals surface area contributed by atoms with Crippen LogP contribution in [0.2, 0.25) is 0 Å². The SMILES string of the molecule is CC(C)c1ccc(-n2nnnc2SCC(=O)Nc2ccc(OC(F)F)cc2)cc1. The first-order valence-electron chi connectivity index (χ1n) is 8.78. The molecule has 0 spiro atoms. The van der Waals surface area contributed by atoms with Crippen LogP contribution in [0, 0.1) is 0 Å². The maximum atomic E-state index is 12.2. The lowest BCUT2D eigenvalue weighted by Gasteiger charge is -2.09. The Labute approximate surface area is 170 Å². The van der Waals surface area contributed by atoms with Gasteiger partial charge in [-0.05, 0) is 58.3 Å². The first-order chi connectivity index (χ1) is 13.9. The molecule has 0 aliphatic rings. The second-order valence-corrected chi connectivity index (χ2v) is 7.30. The fourth-order valence-corrected chi connectivity index (χ4v) is 3.17. The standard InChI is InChI=1S/C19H19F2N5O2S/c1-12(2)13-3-7-15(8-4-13)26-19(23-24-25-26)29-11-17(27)22-14-5-9-16(10-6-14)28-18(20)21/h3-10,12,18H,11H2,1-2H3,(H,22,27). The van der Waals surface area contributed by atoms with E-state index >= 15 is 0 Å². The molecule has 0 aliphatic carbocycles. The number of tetrazole rings is 1. The van der Waals surface area contributed by atoms with Crippen molar-refractivity contribution in [1.29, 1.82) is 0 Å². The number of carbonyl (C=O) groups excluding carboxylic acids is 1. The fourth-order valence-electron chi connectivity index (χ4n) is 2.48. The van der Waals surface area contributed by atoms with E-state index in [1.165, 1.54) is 41.6 Å². The van der Waals surface area contributed by atoms with Gasteiger partial charge in [0.25, 0.3) is 0 Å². The molecule has 1 amide bonds. The predicted octanol–water partition coefficient (Wildman–Crippen LogP) is 4.12. The molecule has 0 bridgehead atoms. The van der Waals surface area contributed by atoms with Crippen molar-refractivity contribution in [3.8, 4) is 11.4 Å². The number of halogens is 2. The molecule has 29 heavy (non-hydrogen) atoms. The van der Waals surface area contributed by atoms with Gasteiger partial charge in [-0.15, -0.1) is 5.10 Å². The van der Waals surface area contributed by atoms with Gasteiger partial charge in [0.1, 0.15) is 5.75 Å². The molecule has 1 heterocycles. The minimum atomic E-state index is -2.89. The number of amides is 1. The van der Waals surface area contributed by atoms with Crippen LogP contribution < -0.4 is 10.1 Å². The van der Waals surface area contributed by atoms with Gasteiger partial charge in [-0.25, -0.2) is 0 Å². The van der Waals surface area contributed by atoms with Crippen molar-refractivity contribution in [3.05, 3.63) is 54.1 Å². The zero-order valence-corrected chi connectivity index (χ0v) is 16.6. The summed E-state index contributed by atoms with van der Waals surface area (Å²) in [4.78, 5) is 12.2. The van der Waals surface area contributed by atoms with Crippen LogP contribution in [-0.4, -0.2) is 38.5 Å². The van der Waals surface area contributed by atoms with E-state index < -0.39 is 6.61 Å². The number of nitrogens with one attached hydrogen (secondary N) is 1. The van der Waals surface area contributed by atoms with Gasteiger partial charge in [0.05, 0.1) is 11.4 Å². The Morgan fingerprint density at radius 1 is 1.14 bits per heavy atom. The van der Waals surface area contributed by atoms with Crippen LogP contribution in [0.3, 0.4) is 0 Å². The topological polar surface area (TPSA) is 81.9 Å². The third kappa shape index (κ3) is 5.74. The van der Waals surface area contributed by atoms with E-state index in [0.29, 0.717) is 16.8 Å². The van der Waals surface area contributed by atoms with Crippen LogP contribution in [0.15, 0.2) is 53.7 Å². The van der Waals surface area contributed by atoms with E-state index in [1.807, 2.05) is 24.3 Å². The van der Waals surface area contributed by atoms with Gasteiger partial charge in [-0.2, -0.15) is 13.5 Å². The van der Waals surface area contributed by atoms with E-state index in [2.05, 4.69) is 39.4 Å². The molecule has 1 N–H and O–H groups in total. The van der Waals surface area contributed by atoms with Gasteiger partial charge in [0, 0.05) is 5.69 Å². The fraction of sp³-hybridized carbons (Fsp3) is 0.263. The lowest BCUT2D eigenvalue weighted by atomic mass is 10.0. The number of ether oxygens (including phenoxy) is 1. The van der Waals surface area contributed by atoms with Crippen molar-refractivity contribution in [2.45, 2.75) is 31.5 Å². The number of benzene rings is 2. The van der Waals surface area contributed by atoms with E-state index in [9.17, 15) is 13.6 Å². The van der Waals surface area contributed by atoms with Crippen LogP contribution >= 0.6 is 11.8 Å². The van der Waals surface area contributed by atoms with E-state index in [0.717, 1.165) is 5.69 Å². The number of hydrogen-bond donors (Lipinski definition) is 1. The molecule has 7 nitrogen and oxygen atoms in total. The lowest BCUT2D eigenvalue weighted by Crippen LogP contribution is -2.14. The second-order valence-electron chi connectivity index (χ2n) is 6.36. The normalized spacial score (nSPS) is 11.1. The molecule has 0 saturated heterocycles. The second kappa shape index (κ2) is 9.46. The Bertz CT molecular complexity index is 946. The monoisotopic (exact) mass is 419 g/mol. The minimum absolute atomic E-state index is 0.0232. The summed E-state index contributed by atoms with van der Waals surface area (Å²) in [6, 6.07) is 13.6. The third-order valence-electron chi connectivity index (χ3n) is 3.94. The van der Waals surface area contributed by atoms with Crippen LogP contribution in [-0.2, 0) is 4.79 Å². The highest BCUT2D eigenvalue weighted by atomic mass is 32.2. The highest BCUT2D eigenvalue weighted by molar-refractivity contribution is 7.99. The predicted molar refractivity (Wildman–Crippen MR) is 106 cm³/mol. The number of thioether (sulfide) groups is 1. The number of hydrogen-bond acceptors (Lipinski definition) is 6. The summed E-state index contributed by atoms with van der Waals surface area (Å²) in [7, 11) is 0. The Balaban J connectivity index is 1.58. The van der Waals surface area contributed by atoms with Gasteiger partial charge in [-0.1, -0.05) is 37.7 Å². The van der Waals surface area contributed by atoms with Crippen LogP contribution in [0.5, 0.6) is 5.75 Å². The molecule has 0 radical (unpaired) electrons. The summed E-state index contributed by atoms with van der Waals surface area (Å²) in [5.41, 5.74) is 2.48. The molecule has 0 unspecified atom stereocenters. The molecule has 3 aromatic rings. The number of anilines is 1. The molecule has 10 heteroatoms. The summed E-state index contributed by atoms with van der Waals surface area (Å²) >= 11 is 1.19. The maximum Gasteiger partial charge on any atom is 0.387 e. The first kappa shape index (κ1) is 20.7. The minimum Gasteiger partial charge on any atom is -0.435 e. The molecular formula is C19H19F2N5O2S. The largest absolute Gasteiger partial charge is 0.435 e. The summed E-state index contributed by atoms with van der Waals surface area (Å²) < 4.78 is 30.2. The van der Waals surface area contributed by atoms with Crippen molar-refractivity contribution >= 4 is 23.4 Å². The summed E-state index contributed by atoms with van der Waals surface area (Å²) in [5.74, 6) is 0.253. The molecular weight excluding hydrogens is 400 g/mol. The van der Waals surface area contributed by atoms with Crippen molar-refractivity contribution in [2.24, 2.45) is 0 Å². The average Bonchev–Trinajstić information content (AvgIpc) is 3.16. The Morgan fingerprint density at radius 2 is 1.83 bits per heavy atom. The molecule has 0 saturated carbocycles. The van der Waals surface area contributed by atoms with E-state index in [1.54, 1.807) is 4.68 Å². The van der Waals surface area contributed by atoms with E-state index in [4.69, 9.17) is 0 Å². The van der Waals surface area contributed by atoms with Gasteiger partial charge in [-0.3, -0.25) is 4.79 Å². The van der Waals surface area contributed by atoms with Crippen molar-refractivity contribution < 1.29 is 18.3 Å². The molecule has 3 rings (SSSR count). The Kier molecular flexibility index (Phi) is 6.76. The van der Waals surface area contributed by atoms with Crippen LogP contribution in [0.4, 0.5) is 14.5 Å². The highest BCUT2D eigenvalue weighted by Crippen LogP contribution is 2.22. The quantitative estimate of drug-likeness (QED) is 0.553. The number of aromatic nitrogens is 4. The molecule has 0 aliphatic heterocycles. The van der Waals surface area contributed by atoms with Crippen molar-refractivity contribution in [2.75, 3.05) is 11.1 Å². The molecule has 0 atom stereocenters. The zero-order valence-electron chi connectivity index (χ0n) is 15.8. The average molecular weight is 419 g/mol. The maximum absolute atomic E-state index is 12.2. The van der Waals surface area contributed by atoms with Crippen LogP contribution in [0.1, 0.15) is 25.3 Å². The molecule has 152 valence electrons. The molecule has 1 aromatic heterocycles. The number of rotatable bonds is 8. The number of alkyl halides is 2. The molecule has 2 aromatic carbocycles. The Morgan fingerprint density at radius 3 is 2.45 bits per heavy atom. The lowest BCUT2D eigenvalue weighted by molar-refractivity contribution is -0.113. The zero-order chi connectivity index (χ0) is 20.8. The summed E-state index contributed by atoms with van der Waals surface area (Å²) in [5, 5.41) is 14.8. The van der Waals surface area contributed by atoms with Crippen LogP contribution in [0.25, 0.3) is 5.69 Å². The number of nitrogens with zero attached hydrogens (tertiary/aromatic N) is 4. The van der Waals surface area contributed by atoms with Crippen molar-refractivity contribution in [3.63, 3.8) is 0 Å². The smallest absolute Gasteiger partial charge is 0.387 e. The third-order valence-corrected chi connectivity index (χ3v) is 4.86.